The van der Waals surface area contributed by atoms with E-state index in [4.69, 9.17) is 17.1 Å². The van der Waals surface area contributed by atoms with Crippen LogP contribution in [0.15, 0.2) is 0 Å². The van der Waals surface area contributed by atoms with E-state index in [1.807, 2.05) is 13.1 Å². The fraction of sp³-hybridized carbons (Fsp3) is 0.889. The van der Waals surface area contributed by atoms with Crippen molar-refractivity contribution in [3.8, 4) is 0 Å². The van der Waals surface area contributed by atoms with Gasteiger partial charge in [-0.05, 0) is 0 Å². The van der Waals surface area contributed by atoms with E-state index in [9.17, 15) is 4.79 Å². The van der Waals surface area contributed by atoms with Gasteiger partial charge in [-0.3, -0.25) is 0 Å². The van der Waals surface area contributed by atoms with E-state index in [-0.39, 0.29) is 6.04 Å². The van der Waals surface area contributed by atoms with Gasteiger partial charge >= 0.3 is 109 Å². The van der Waals surface area contributed by atoms with E-state index in [1.54, 1.807) is 6.55 Å². The van der Waals surface area contributed by atoms with Gasteiger partial charge in [0.25, 0.3) is 0 Å². The molecule has 0 radical (unpaired) electrons. The first-order valence-electron chi connectivity index (χ1n) is 5.56. The van der Waals surface area contributed by atoms with Crippen LogP contribution in [0.3, 0.4) is 0 Å². The third-order valence-corrected chi connectivity index (χ3v) is 15.5. The van der Waals surface area contributed by atoms with Gasteiger partial charge in [0.2, 0.25) is 0 Å². The van der Waals surface area contributed by atoms with Crippen LogP contribution in [-0.4, -0.2) is 48.9 Å². The molecule has 0 saturated carbocycles. The molecule has 5 nitrogen and oxygen atoms in total. The van der Waals surface area contributed by atoms with Gasteiger partial charge in [-0.2, -0.15) is 0 Å². The Balaban J connectivity index is 4.70. The minimum absolute atomic E-state index is 0.0551. The SMILES string of the molecule is CO[Si](C)(CC(=O)O)O[Si](C)(C)[O][Ge]([CH3])([CH3])[CH3]. The summed E-state index contributed by atoms with van der Waals surface area (Å²) in [6, 6.07) is -0.0551. The molecule has 0 spiro atoms. The molecule has 0 aliphatic rings. The number of carboxylic acids is 1. The van der Waals surface area contributed by atoms with Crippen LogP contribution < -0.4 is 0 Å². The zero-order valence-corrected chi connectivity index (χ0v) is 15.9. The summed E-state index contributed by atoms with van der Waals surface area (Å²) in [7, 11) is -3.45. The maximum atomic E-state index is 10.8. The van der Waals surface area contributed by atoms with E-state index in [0.29, 0.717) is 0 Å². The maximum absolute atomic E-state index is 10.8. The molecular formula is C9H24GeO5Si2. The predicted molar refractivity (Wildman–Crippen MR) is 74.1 cm³/mol. The van der Waals surface area contributed by atoms with E-state index < -0.39 is 36.7 Å². The van der Waals surface area contributed by atoms with Crippen molar-refractivity contribution < 1.29 is 21.9 Å². The summed E-state index contributed by atoms with van der Waals surface area (Å²) in [5.41, 5.74) is 0. The number of hydrogen-bond donors (Lipinski definition) is 1. The monoisotopic (exact) mass is 342 g/mol. The fourth-order valence-electron chi connectivity index (χ4n) is 1.70. The van der Waals surface area contributed by atoms with Crippen LogP contribution in [0.25, 0.3) is 0 Å². The van der Waals surface area contributed by atoms with Gasteiger partial charge in [0.15, 0.2) is 0 Å². The summed E-state index contributed by atoms with van der Waals surface area (Å²) in [4.78, 5) is 10.8. The zero-order valence-electron chi connectivity index (χ0n) is 11.8. The average Bonchev–Trinajstić information content (AvgIpc) is 1.95. The Morgan fingerprint density at radius 2 is 1.71 bits per heavy atom. The van der Waals surface area contributed by atoms with Gasteiger partial charge < -0.3 is 0 Å². The number of aliphatic carboxylic acids is 1. The first-order chi connectivity index (χ1) is 7.39. The number of carboxylic acid groups (broad SMARTS) is 1. The van der Waals surface area contributed by atoms with E-state index >= 15 is 0 Å². The van der Waals surface area contributed by atoms with E-state index in [0.717, 1.165) is 0 Å². The third kappa shape index (κ3) is 8.11. The molecule has 17 heavy (non-hydrogen) atoms. The zero-order chi connectivity index (χ0) is 13.9. The Labute approximate surface area is 109 Å². The van der Waals surface area contributed by atoms with Gasteiger partial charge in [-0.1, -0.05) is 0 Å². The molecule has 0 aromatic heterocycles. The Hall–Kier alpha value is 0.327. The Bertz CT molecular complexity index is 279. The second-order valence-corrected chi connectivity index (χ2v) is 22.6. The molecule has 0 aliphatic heterocycles. The molecule has 0 bridgehead atoms. The molecule has 0 aliphatic carbocycles. The van der Waals surface area contributed by atoms with Crippen molar-refractivity contribution in [3.05, 3.63) is 0 Å². The summed E-state index contributed by atoms with van der Waals surface area (Å²) >= 11 is -2.17. The van der Waals surface area contributed by atoms with Gasteiger partial charge in [0, 0.05) is 0 Å². The second-order valence-electron chi connectivity index (χ2n) is 5.62. The average molecular weight is 341 g/mol. The molecule has 1 atom stereocenters. The normalized spacial score (nSPS) is 16.6. The summed E-state index contributed by atoms with van der Waals surface area (Å²) in [6.07, 6.45) is 0. The first-order valence-corrected chi connectivity index (χ1v) is 18.1. The van der Waals surface area contributed by atoms with Crippen LogP contribution in [0.2, 0.25) is 43.0 Å². The van der Waals surface area contributed by atoms with Crippen molar-refractivity contribution in [2.24, 2.45) is 0 Å². The molecular weight excluding hydrogens is 317 g/mol. The molecule has 102 valence electrons. The molecule has 0 aromatic carbocycles. The molecule has 8 heteroatoms. The van der Waals surface area contributed by atoms with Gasteiger partial charge in [-0.15, -0.1) is 0 Å². The number of carbonyl (C=O) groups is 1. The second kappa shape index (κ2) is 5.98. The summed E-state index contributed by atoms with van der Waals surface area (Å²) < 4.78 is 17.3. The van der Waals surface area contributed by atoms with Crippen molar-refractivity contribution in [1.29, 1.82) is 0 Å². The molecule has 0 heterocycles. The van der Waals surface area contributed by atoms with Crippen LogP contribution in [-0.2, 0) is 16.8 Å². The fourth-order valence-corrected chi connectivity index (χ4v) is 18.9. The molecule has 1 unspecified atom stereocenters. The molecule has 1 N–H and O–H groups in total. The van der Waals surface area contributed by atoms with Gasteiger partial charge in [0.05, 0.1) is 0 Å². The Morgan fingerprint density at radius 1 is 1.24 bits per heavy atom. The molecule has 0 aromatic rings. The van der Waals surface area contributed by atoms with Crippen molar-refractivity contribution in [2.45, 2.75) is 43.0 Å². The Morgan fingerprint density at radius 3 is 2.00 bits per heavy atom. The summed E-state index contributed by atoms with van der Waals surface area (Å²) in [6.45, 7) is 5.68. The van der Waals surface area contributed by atoms with Crippen molar-refractivity contribution in [1.82, 2.24) is 0 Å². The van der Waals surface area contributed by atoms with Gasteiger partial charge in [0.1, 0.15) is 0 Å². The third-order valence-electron chi connectivity index (χ3n) is 1.92. The molecule has 0 fully saturated rings. The number of rotatable bonds is 7. The van der Waals surface area contributed by atoms with Crippen LogP contribution in [0, 0.1) is 0 Å². The van der Waals surface area contributed by atoms with Crippen LogP contribution in [0.4, 0.5) is 0 Å². The number of hydrogen-bond acceptors (Lipinski definition) is 4. The topological polar surface area (TPSA) is 65.0 Å². The van der Waals surface area contributed by atoms with Crippen molar-refractivity contribution >= 4 is 36.7 Å². The van der Waals surface area contributed by atoms with Crippen molar-refractivity contribution in [3.63, 3.8) is 0 Å². The first kappa shape index (κ1) is 17.3. The van der Waals surface area contributed by atoms with Crippen LogP contribution in [0.1, 0.15) is 0 Å². The van der Waals surface area contributed by atoms with Crippen molar-refractivity contribution in [2.75, 3.05) is 7.11 Å². The van der Waals surface area contributed by atoms with E-state index in [2.05, 4.69) is 17.3 Å². The van der Waals surface area contributed by atoms with E-state index in [1.165, 1.54) is 7.11 Å². The quantitative estimate of drug-likeness (QED) is 0.721. The summed E-state index contributed by atoms with van der Waals surface area (Å²) in [5.74, 6) is 5.53. The minimum atomic E-state index is -2.65. The predicted octanol–water partition coefficient (Wildman–Crippen LogP) is 2.36. The Kier molecular flexibility index (Phi) is 6.09. The molecule has 0 amide bonds. The standard InChI is InChI=1S/C9H24GeO5Si2/c1-10(2,3)14-16(5,6)15-17(7,13-4)8-9(11)12/h8H2,1-7H3,(H,11,12). The van der Waals surface area contributed by atoms with Crippen LogP contribution in [0.5, 0.6) is 0 Å². The summed E-state index contributed by atoms with van der Waals surface area (Å²) in [5, 5.41) is 8.87. The van der Waals surface area contributed by atoms with Crippen LogP contribution >= 0.6 is 0 Å². The molecule has 0 saturated heterocycles. The molecule has 0 rings (SSSR count). The van der Waals surface area contributed by atoms with Gasteiger partial charge in [-0.25, -0.2) is 0 Å².